The quantitative estimate of drug-likeness (QED) is 0.348. The third kappa shape index (κ3) is 5.01. The zero-order chi connectivity index (χ0) is 23.3. The molecule has 0 aliphatic heterocycles. The van der Waals surface area contributed by atoms with E-state index in [2.05, 4.69) is 0 Å². The van der Waals surface area contributed by atoms with Gasteiger partial charge in [0.1, 0.15) is 11.5 Å². The van der Waals surface area contributed by atoms with Crippen LogP contribution in [0.1, 0.15) is 28.8 Å². The zero-order valence-corrected chi connectivity index (χ0v) is 18.8. The Labute approximate surface area is 192 Å². The Morgan fingerprint density at radius 2 is 1.67 bits per heavy atom. The summed E-state index contributed by atoms with van der Waals surface area (Å²) < 4.78 is 42.4. The zero-order valence-electron chi connectivity index (χ0n) is 18.0. The predicted molar refractivity (Wildman–Crippen MR) is 120 cm³/mol. The van der Waals surface area contributed by atoms with Gasteiger partial charge in [0, 0.05) is 5.56 Å². The summed E-state index contributed by atoms with van der Waals surface area (Å²) in [7, 11) is -3.88. The molecule has 0 unspecified atom stereocenters. The second-order valence-corrected chi connectivity index (χ2v) is 9.10. The standard InChI is InChI=1S/C25H23NO6S/c1-2-30-22-13-7-6-9-19(22)17-26(18-20-10-8-16-31-20)25(27)23-14-15-24(32-23)33(28,29)21-11-4-3-5-12-21/h3-16H,2,17-18H2,1H3. The second-order valence-electron chi connectivity index (χ2n) is 7.22. The molecule has 0 aliphatic carbocycles. The molecule has 2 aromatic heterocycles. The summed E-state index contributed by atoms with van der Waals surface area (Å²) >= 11 is 0. The molecular weight excluding hydrogens is 442 g/mol. The molecule has 170 valence electrons. The van der Waals surface area contributed by atoms with E-state index < -0.39 is 15.7 Å². The minimum Gasteiger partial charge on any atom is -0.494 e. The molecule has 0 saturated heterocycles. The van der Waals surface area contributed by atoms with Gasteiger partial charge in [0.2, 0.25) is 14.9 Å². The van der Waals surface area contributed by atoms with Gasteiger partial charge in [-0.25, -0.2) is 8.42 Å². The number of ether oxygens (including phenoxy) is 1. The fourth-order valence-corrected chi connectivity index (χ4v) is 4.57. The summed E-state index contributed by atoms with van der Waals surface area (Å²) in [4.78, 5) is 15.0. The maximum Gasteiger partial charge on any atom is 0.290 e. The van der Waals surface area contributed by atoms with E-state index in [1.54, 1.807) is 30.3 Å². The molecule has 2 aromatic carbocycles. The SMILES string of the molecule is CCOc1ccccc1CN(Cc1ccco1)C(=O)c1ccc(S(=O)(=O)c2ccccc2)o1. The molecule has 33 heavy (non-hydrogen) atoms. The van der Waals surface area contributed by atoms with E-state index in [-0.39, 0.29) is 28.8 Å². The number of rotatable bonds is 9. The van der Waals surface area contributed by atoms with Crippen LogP contribution >= 0.6 is 0 Å². The number of furan rings is 2. The highest BCUT2D eigenvalue weighted by atomic mass is 32.2. The number of carbonyl (C=O) groups is 1. The molecule has 7 nitrogen and oxygen atoms in total. The fourth-order valence-electron chi connectivity index (χ4n) is 3.38. The molecule has 0 spiro atoms. The third-order valence-electron chi connectivity index (χ3n) is 4.96. The molecule has 0 atom stereocenters. The van der Waals surface area contributed by atoms with Gasteiger partial charge in [0.05, 0.1) is 30.9 Å². The van der Waals surface area contributed by atoms with Crippen molar-refractivity contribution in [1.29, 1.82) is 0 Å². The van der Waals surface area contributed by atoms with Gasteiger partial charge in [0.25, 0.3) is 5.91 Å². The summed E-state index contributed by atoms with van der Waals surface area (Å²) in [5, 5.41) is -0.287. The molecule has 0 aliphatic rings. The molecule has 0 fully saturated rings. The van der Waals surface area contributed by atoms with Crippen molar-refractivity contribution in [3.8, 4) is 5.75 Å². The number of carbonyl (C=O) groups excluding carboxylic acids is 1. The van der Waals surface area contributed by atoms with Gasteiger partial charge in [0.15, 0.2) is 5.76 Å². The molecule has 8 heteroatoms. The third-order valence-corrected chi connectivity index (χ3v) is 6.60. The summed E-state index contributed by atoms with van der Waals surface area (Å²) in [5.41, 5.74) is 0.808. The Bertz CT molecular complexity index is 1310. The molecule has 0 N–H and O–H groups in total. The maximum atomic E-state index is 13.4. The minimum atomic E-state index is -3.88. The normalized spacial score (nSPS) is 11.3. The molecular formula is C25H23NO6S. The Morgan fingerprint density at radius 1 is 0.909 bits per heavy atom. The molecule has 0 radical (unpaired) electrons. The van der Waals surface area contributed by atoms with Crippen LogP contribution in [0.4, 0.5) is 0 Å². The van der Waals surface area contributed by atoms with E-state index in [1.807, 2.05) is 31.2 Å². The highest BCUT2D eigenvalue weighted by molar-refractivity contribution is 7.91. The van der Waals surface area contributed by atoms with Crippen LogP contribution in [0.5, 0.6) is 5.75 Å². The lowest BCUT2D eigenvalue weighted by Crippen LogP contribution is -2.30. The predicted octanol–water partition coefficient (Wildman–Crippen LogP) is 4.95. The highest BCUT2D eigenvalue weighted by Gasteiger charge is 2.26. The molecule has 4 aromatic rings. The van der Waals surface area contributed by atoms with Crippen molar-refractivity contribution >= 4 is 15.7 Å². The topological polar surface area (TPSA) is 90.0 Å². The van der Waals surface area contributed by atoms with Crippen LogP contribution in [-0.2, 0) is 22.9 Å². The van der Waals surface area contributed by atoms with E-state index in [1.165, 1.54) is 35.4 Å². The smallest absolute Gasteiger partial charge is 0.290 e. The minimum absolute atomic E-state index is 0.0787. The number of benzene rings is 2. The average molecular weight is 466 g/mol. The first-order chi connectivity index (χ1) is 16.0. The number of sulfone groups is 1. The van der Waals surface area contributed by atoms with Crippen LogP contribution in [0, 0.1) is 0 Å². The lowest BCUT2D eigenvalue weighted by atomic mass is 10.1. The summed E-state index contributed by atoms with van der Waals surface area (Å²) in [5.74, 6) is 0.710. The van der Waals surface area contributed by atoms with Gasteiger partial charge in [-0.05, 0) is 49.4 Å². The first-order valence-corrected chi connectivity index (χ1v) is 11.9. The number of nitrogens with zero attached hydrogens (tertiary/aromatic N) is 1. The second kappa shape index (κ2) is 9.79. The van der Waals surface area contributed by atoms with Crippen LogP contribution in [0.2, 0.25) is 0 Å². The largest absolute Gasteiger partial charge is 0.494 e. The van der Waals surface area contributed by atoms with E-state index in [0.29, 0.717) is 18.1 Å². The van der Waals surface area contributed by atoms with Crippen LogP contribution in [0.15, 0.2) is 104 Å². The monoisotopic (exact) mass is 465 g/mol. The summed E-state index contributed by atoms with van der Waals surface area (Å²) in [6, 6.07) is 21.6. The van der Waals surface area contributed by atoms with Crippen molar-refractivity contribution in [3.05, 3.63) is 102 Å². The number of amides is 1. The number of para-hydroxylation sites is 1. The van der Waals surface area contributed by atoms with Crippen LogP contribution in [0.3, 0.4) is 0 Å². The van der Waals surface area contributed by atoms with Crippen LogP contribution in [-0.4, -0.2) is 25.8 Å². The van der Waals surface area contributed by atoms with Crippen LogP contribution in [0.25, 0.3) is 0 Å². The lowest BCUT2D eigenvalue weighted by Gasteiger charge is -2.22. The average Bonchev–Trinajstić information content (AvgIpc) is 3.53. The molecule has 4 rings (SSSR count). The van der Waals surface area contributed by atoms with E-state index in [4.69, 9.17) is 13.6 Å². The van der Waals surface area contributed by atoms with Crippen LogP contribution < -0.4 is 4.74 Å². The molecule has 0 bridgehead atoms. The first-order valence-electron chi connectivity index (χ1n) is 10.4. The van der Waals surface area contributed by atoms with Gasteiger partial charge < -0.3 is 18.5 Å². The van der Waals surface area contributed by atoms with E-state index in [0.717, 1.165) is 5.56 Å². The Hall–Kier alpha value is -3.78. The molecule has 0 saturated carbocycles. The Morgan fingerprint density at radius 3 is 2.39 bits per heavy atom. The first kappa shape index (κ1) is 22.4. The van der Waals surface area contributed by atoms with Crippen molar-refractivity contribution in [1.82, 2.24) is 4.90 Å². The van der Waals surface area contributed by atoms with E-state index in [9.17, 15) is 13.2 Å². The van der Waals surface area contributed by atoms with Gasteiger partial charge in [-0.2, -0.15) is 0 Å². The van der Waals surface area contributed by atoms with Gasteiger partial charge in [-0.3, -0.25) is 4.79 Å². The Kier molecular flexibility index (Phi) is 6.65. The van der Waals surface area contributed by atoms with Gasteiger partial charge in [-0.15, -0.1) is 0 Å². The summed E-state index contributed by atoms with van der Waals surface area (Å²) in [6.07, 6.45) is 1.53. The molecule has 1 amide bonds. The Balaban J connectivity index is 1.64. The highest BCUT2D eigenvalue weighted by Crippen LogP contribution is 2.26. The molecule has 2 heterocycles. The van der Waals surface area contributed by atoms with Gasteiger partial charge in [-0.1, -0.05) is 36.4 Å². The van der Waals surface area contributed by atoms with Crippen molar-refractivity contribution in [3.63, 3.8) is 0 Å². The van der Waals surface area contributed by atoms with Crippen molar-refractivity contribution in [2.75, 3.05) is 6.61 Å². The van der Waals surface area contributed by atoms with E-state index >= 15 is 0 Å². The fraction of sp³-hybridized carbons (Fsp3) is 0.160. The number of hydrogen-bond donors (Lipinski definition) is 0. The van der Waals surface area contributed by atoms with Crippen molar-refractivity contribution in [2.45, 2.75) is 30.0 Å². The summed E-state index contributed by atoms with van der Waals surface area (Å²) in [6.45, 7) is 2.77. The number of hydrogen-bond acceptors (Lipinski definition) is 6. The van der Waals surface area contributed by atoms with Gasteiger partial charge >= 0.3 is 0 Å². The lowest BCUT2D eigenvalue weighted by molar-refractivity contribution is 0.0678. The maximum absolute atomic E-state index is 13.4. The van der Waals surface area contributed by atoms with Crippen molar-refractivity contribution < 1.29 is 26.8 Å². The van der Waals surface area contributed by atoms with Crippen molar-refractivity contribution in [2.24, 2.45) is 0 Å².